The molecule has 7 nitrogen and oxygen atoms in total. The van der Waals surface area contributed by atoms with E-state index >= 15 is 0 Å². The number of anilines is 2. The molecule has 0 bridgehead atoms. The Morgan fingerprint density at radius 3 is 2.65 bits per heavy atom. The fourth-order valence-corrected chi connectivity index (χ4v) is 2.48. The zero-order chi connectivity index (χ0) is 19.4. The van der Waals surface area contributed by atoms with Gasteiger partial charge in [-0.1, -0.05) is 0 Å². The van der Waals surface area contributed by atoms with E-state index in [0.717, 1.165) is 10.6 Å². The van der Waals surface area contributed by atoms with Gasteiger partial charge in [0.1, 0.15) is 18.2 Å². The van der Waals surface area contributed by atoms with Crippen LogP contribution in [0.15, 0.2) is 29.1 Å². The quantitative estimate of drug-likeness (QED) is 0.436. The van der Waals surface area contributed by atoms with E-state index in [4.69, 9.17) is 9.94 Å². The molecule has 3 N–H and O–H groups in total. The van der Waals surface area contributed by atoms with Crippen LogP contribution in [-0.4, -0.2) is 28.3 Å². The highest BCUT2D eigenvalue weighted by atomic mass is 127. The maximum Gasteiger partial charge on any atom is 0.287 e. The summed E-state index contributed by atoms with van der Waals surface area (Å²) in [6.45, 7) is 1.26. The second-order valence-corrected chi connectivity index (χ2v) is 6.70. The van der Waals surface area contributed by atoms with Gasteiger partial charge < -0.3 is 10.4 Å². The number of amides is 1. The third-order valence-electron chi connectivity index (χ3n) is 3.29. The standard InChI is InChI=1S/C16H16F2IN3O4/c1-8(23)7-26-21-15(24)10-6-12(18)16(25)22(2)14(10)20-13-4-3-9(19)5-11(13)17/h3-6,8,20,23H,7H2,1-2H3,(H,21,24)/t8-/m0/s1. The summed E-state index contributed by atoms with van der Waals surface area (Å²) in [5.41, 5.74) is 0.787. The molecule has 26 heavy (non-hydrogen) atoms. The zero-order valence-electron chi connectivity index (χ0n) is 13.8. The number of carbonyl (C=O) groups excluding carboxylic acids is 1. The summed E-state index contributed by atoms with van der Waals surface area (Å²) in [5.74, 6) is -2.74. The van der Waals surface area contributed by atoms with Crippen LogP contribution in [0.1, 0.15) is 17.3 Å². The molecule has 0 radical (unpaired) electrons. The molecule has 0 aliphatic rings. The molecule has 0 fully saturated rings. The van der Waals surface area contributed by atoms with Crippen molar-refractivity contribution < 1.29 is 23.5 Å². The van der Waals surface area contributed by atoms with Crippen LogP contribution in [0, 0.1) is 15.2 Å². The molecule has 2 rings (SSSR count). The average Bonchev–Trinajstić information content (AvgIpc) is 2.56. The number of hydrogen-bond donors (Lipinski definition) is 3. The summed E-state index contributed by atoms with van der Waals surface area (Å²) in [5, 5.41) is 11.8. The minimum absolute atomic E-state index is 0.00553. The van der Waals surface area contributed by atoms with Crippen LogP contribution in [0.4, 0.5) is 20.3 Å². The molecule has 2 aromatic rings. The van der Waals surface area contributed by atoms with Crippen LogP contribution < -0.4 is 16.4 Å². The number of hydrogen-bond acceptors (Lipinski definition) is 5. The minimum Gasteiger partial charge on any atom is -0.391 e. The summed E-state index contributed by atoms with van der Waals surface area (Å²) in [4.78, 5) is 28.9. The number of aromatic nitrogens is 1. The second kappa shape index (κ2) is 8.56. The van der Waals surface area contributed by atoms with Gasteiger partial charge in [0.2, 0.25) is 0 Å². The predicted molar refractivity (Wildman–Crippen MR) is 99.1 cm³/mol. The van der Waals surface area contributed by atoms with Crippen molar-refractivity contribution in [2.75, 3.05) is 11.9 Å². The highest BCUT2D eigenvalue weighted by Crippen LogP contribution is 2.24. The monoisotopic (exact) mass is 479 g/mol. The molecule has 10 heteroatoms. The van der Waals surface area contributed by atoms with Gasteiger partial charge in [-0.05, 0) is 53.8 Å². The van der Waals surface area contributed by atoms with Crippen LogP contribution in [0.3, 0.4) is 0 Å². The van der Waals surface area contributed by atoms with Crippen LogP contribution in [0.2, 0.25) is 0 Å². The van der Waals surface area contributed by atoms with Crippen molar-refractivity contribution in [3.05, 3.63) is 55.4 Å². The van der Waals surface area contributed by atoms with Crippen LogP contribution in [-0.2, 0) is 11.9 Å². The molecule has 0 aliphatic heterocycles. The average molecular weight is 479 g/mol. The third kappa shape index (κ3) is 4.77. The Morgan fingerprint density at radius 1 is 1.35 bits per heavy atom. The molecule has 0 unspecified atom stereocenters. The maximum absolute atomic E-state index is 14.1. The molecule has 140 valence electrons. The summed E-state index contributed by atoms with van der Waals surface area (Å²) >= 11 is 1.93. The Bertz CT molecular complexity index is 887. The first-order valence-electron chi connectivity index (χ1n) is 7.42. The van der Waals surface area contributed by atoms with Crippen molar-refractivity contribution in [3.8, 4) is 0 Å². The van der Waals surface area contributed by atoms with E-state index < -0.39 is 29.2 Å². The smallest absolute Gasteiger partial charge is 0.287 e. The zero-order valence-corrected chi connectivity index (χ0v) is 16.0. The van der Waals surface area contributed by atoms with Crippen LogP contribution in [0.5, 0.6) is 0 Å². The summed E-state index contributed by atoms with van der Waals surface area (Å²) in [7, 11) is 1.24. The number of nitrogens with zero attached hydrogens (tertiary/aromatic N) is 1. The summed E-state index contributed by atoms with van der Waals surface area (Å²) in [6.07, 6.45) is -0.828. The van der Waals surface area contributed by atoms with Gasteiger partial charge in [0.05, 0.1) is 17.4 Å². The molecule has 0 saturated carbocycles. The fraction of sp³-hybridized carbons (Fsp3) is 0.250. The molecule has 1 heterocycles. The Hall–Kier alpha value is -2.05. The summed E-state index contributed by atoms with van der Waals surface area (Å²) in [6, 6.07) is 5.04. The Labute approximate surface area is 161 Å². The number of halogens is 3. The molecule has 1 aromatic heterocycles. The van der Waals surface area contributed by atoms with Gasteiger partial charge in [-0.3, -0.25) is 19.0 Å². The molecule has 1 aromatic carbocycles. The molecule has 1 atom stereocenters. The molecule has 0 saturated heterocycles. The first kappa shape index (κ1) is 20.3. The largest absolute Gasteiger partial charge is 0.391 e. The van der Waals surface area contributed by atoms with Gasteiger partial charge in [0.15, 0.2) is 5.82 Å². The van der Waals surface area contributed by atoms with Gasteiger partial charge in [-0.25, -0.2) is 14.3 Å². The maximum atomic E-state index is 14.1. The van der Waals surface area contributed by atoms with Gasteiger partial charge >= 0.3 is 0 Å². The molecule has 0 aliphatic carbocycles. The van der Waals surface area contributed by atoms with E-state index in [1.54, 1.807) is 6.07 Å². The van der Waals surface area contributed by atoms with Gasteiger partial charge in [0.25, 0.3) is 11.5 Å². The van der Waals surface area contributed by atoms with Crippen LogP contribution >= 0.6 is 22.6 Å². The lowest BCUT2D eigenvalue weighted by molar-refractivity contribution is -0.00687. The normalized spacial score (nSPS) is 11.9. The van der Waals surface area contributed by atoms with E-state index in [-0.39, 0.29) is 23.7 Å². The van der Waals surface area contributed by atoms with E-state index in [0.29, 0.717) is 3.57 Å². The SMILES string of the molecule is C[C@H](O)CONC(=O)c1cc(F)c(=O)n(C)c1Nc1ccc(I)cc1F. The van der Waals surface area contributed by atoms with E-state index in [1.807, 2.05) is 28.1 Å². The third-order valence-corrected chi connectivity index (χ3v) is 3.96. The van der Waals surface area contributed by atoms with Crippen molar-refractivity contribution in [2.45, 2.75) is 13.0 Å². The minimum atomic E-state index is -1.15. The Kier molecular flexibility index (Phi) is 6.67. The van der Waals surface area contributed by atoms with E-state index in [1.165, 1.54) is 26.1 Å². The lowest BCUT2D eigenvalue weighted by Crippen LogP contribution is -2.31. The van der Waals surface area contributed by atoms with Crippen molar-refractivity contribution in [1.29, 1.82) is 0 Å². The predicted octanol–water partition coefficient (Wildman–Crippen LogP) is 2.05. The molecular weight excluding hydrogens is 463 g/mol. The molecule has 0 spiro atoms. The molecular formula is C16H16F2IN3O4. The fourth-order valence-electron chi connectivity index (χ4n) is 2.02. The highest BCUT2D eigenvalue weighted by Gasteiger charge is 2.20. The number of carbonyl (C=O) groups is 1. The topological polar surface area (TPSA) is 92.6 Å². The van der Waals surface area contributed by atoms with Crippen molar-refractivity contribution in [2.24, 2.45) is 7.05 Å². The highest BCUT2D eigenvalue weighted by molar-refractivity contribution is 14.1. The van der Waals surface area contributed by atoms with Gasteiger partial charge in [-0.2, -0.15) is 0 Å². The number of benzene rings is 1. The van der Waals surface area contributed by atoms with Crippen molar-refractivity contribution in [1.82, 2.24) is 10.0 Å². The first-order chi connectivity index (χ1) is 12.2. The van der Waals surface area contributed by atoms with Gasteiger partial charge in [-0.15, -0.1) is 0 Å². The van der Waals surface area contributed by atoms with Crippen LogP contribution in [0.25, 0.3) is 0 Å². The summed E-state index contributed by atoms with van der Waals surface area (Å²) < 4.78 is 29.4. The molecule has 1 amide bonds. The lowest BCUT2D eigenvalue weighted by Gasteiger charge is -2.16. The van der Waals surface area contributed by atoms with Crippen molar-refractivity contribution >= 4 is 40.0 Å². The number of rotatable bonds is 6. The van der Waals surface area contributed by atoms with E-state index in [9.17, 15) is 18.4 Å². The first-order valence-corrected chi connectivity index (χ1v) is 8.50. The Morgan fingerprint density at radius 2 is 2.04 bits per heavy atom. The lowest BCUT2D eigenvalue weighted by atomic mass is 10.2. The number of pyridine rings is 1. The number of nitrogens with one attached hydrogen (secondary N) is 2. The Balaban J connectivity index is 2.41. The van der Waals surface area contributed by atoms with E-state index in [2.05, 4.69) is 5.32 Å². The van der Waals surface area contributed by atoms with Gasteiger partial charge in [0, 0.05) is 10.6 Å². The number of aliphatic hydroxyl groups excluding tert-OH is 1. The second-order valence-electron chi connectivity index (χ2n) is 5.46. The number of hydroxylamine groups is 1. The van der Waals surface area contributed by atoms with Crippen molar-refractivity contribution in [3.63, 3.8) is 0 Å². The number of aliphatic hydroxyl groups is 1.